The van der Waals surface area contributed by atoms with Crippen molar-refractivity contribution >= 4 is 31.5 Å². The van der Waals surface area contributed by atoms with Crippen molar-refractivity contribution in [3.63, 3.8) is 0 Å². The summed E-state index contributed by atoms with van der Waals surface area (Å²) in [6, 6.07) is 12.5. The zero-order chi connectivity index (χ0) is 24.3. The second-order valence-electron chi connectivity index (χ2n) is 8.90. The Morgan fingerprint density at radius 1 is 0.882 bits per heavy atom. The summed E-state index contributed by atoms with van der Waals surface area (Å²) >= 11 is 0. The largest absolute Gasteiger partial charge is 0.378 e. The number of carbonyl (C=O) groups is 1. The van der Waals surface area contributed by atoms with Crippen molar-refractivity contribution in [2.75, 3.05) is 31.5 Å². The Hall–Kier alpha value is -2.27. The lowest BCUT2D eigenvalue weighted by atomic mass is 10.1. The van der Waals surface area contributed by atoms with Crippen molar-refractivity contribution in [2.45, 2.75) is 54.9 Å². The molecule has 0 saturated carbocycles. The van der Waals surface area contributed by atoms with E-state index < -0.39 is 20.0 Å². The highest BCUT2D eigenvalue weighted by Crippen LogP contribution is 2.26. The van der Waals surface area contributed by atoms with E-state index in [1.54, 1.807) is 40.7 Å². The number of carbonyl (C=O) groups excluding carboxylic acids is 1. The predicted molar refractivity (Wildman–Crippen MR) is 131 cm³/mol. The van der Waals surface area contributed by atoms with Crippen molar-refractivity contribution in [1.29, 1.82) is 0 Å². The number of ketones is 1. The average Bonchev–Trinajstić information content (AvgIpc) is 3.39. The van der Waals surface area contributed by atoms with Crippen LogP contribution in [0.3, 0.4) is 0 Å². The van der Waals surface area contributed by atoms with Crippen LogP contribution in [0, 0.1) is 0 Å². The molecule has 8 nitrogen and oxygen atoms in total. The number of hydrogen-bond acceptors (Lipinski definition) is 6. The van der Waals surface area contributed by atoms with Crippen LogP contribution in [0.1, 0.15) is 49.4 Å². The number of anilines is 1. The first kappa shape index (κ1) is 24.8. The van der Waals surface area contributed by atoms with Crippen LogP contribution in [0.5, 0.6) is 0 Å². The van der Waals surface area contributed by atoms with Gasteiger partial charge in [-0.2, -0.15) is 8.61 Å². The van der Waals surface area contributed by atoms with E-state index in [2.05, 4.69) is 5.32 Å². The number of nitrogens with one attached hydrogen (secondary N) is 1. The topological polar surface area (TPSA) is 104 Å². The first-order valence-corrected chi connectivity index (χ1v) is 14.6. The molecule has 2 aliphatic heterocycles. The summed E-state index contributed by atoms with van der Waals surface area (Å²) in [7, 11) is -7.14. The molecule has 184 valence electrons. The highest BCUT2D eigenvalue weighted by atomic mass is 32.2. The molecule has 0 radical (unpaired) electrons. The molecule has 2 heterocycles. The van der Waals surface area contributed by atoms with Crippen LogP contribution in [-0.2, 0) is 20.0 Å². The van der Waals surface area contributed by atoms with Crippen molar-refractivity contribution < 1.29 is 21.6 Å². The summed E-state index contributed by atoms with van der Waals surface area (Å²) in [6.07, 6.45) is 4.46. The van der Waals surface area contributed by atoms with Gasteiger partial charge in [0, 0.05) is 36.9 Å². The van der Waals surface area contributed by atoms with Crippen LogP contribution in [0.4, 0.5) is 5.69 Å². The summed E-state index contributed by atoms with van der Waals surface area (Å²) in [5.41, 5.74) is 0.922. The third kappa shape index (κ3) is 5.19. The molecule has 1 atom stereocenters. The highest BCUT2D eigenvalue weighted by Gasteiger charge is 2.31. The lowest BCUT2D eigenvalue weighted by Crippen LogP contribution is -2.41. The number of hydrogen-bond donors (Lipinski definition) is 1. The molecule has 1 unspecified atom stereocenters. The minimum absolute atomic E-state index is 0.0146. The molecule has 1 N–H and O–H groups in total. The number of benzene rings is 2. The fourth-order valence-corrected chi connectivity index (χ4v) is 7.76. The maximum atomic E-state index is 13.0. The minimum atomic E-state index is -3.59. The molecular formula is C24H31N3O5S2. The standard InChI is InChI=1S/C24H31N3O5S2/c1-19-7-2-3-16-27(19)34(31,32)22-12-10-21(11-13-22)25-18-24(28)20-8-6-9-23(17-20)33(29,30)26-14-4-5-15-26/h6,8-13,17,19,25H,2-5,7,14-16,18H2,1H3. The first-order chi connectivity index (χ1) is 16.2. The highest BCUT2D eigenvalue weighted by molar-refractivity contribution is 7.89. The van der Waals surface area contributed by atoms with Crippen LogP contribution in [-0.4, -0.2) is 63.5 Å². The Balaban J connectivity index is 1.41. The lowest BCUT2D eigenvalue weighted by molar-refractivity contribution is 0.101. The molecule has 0 spiro atoms. The van der Waals surface area contributed by atoms with Crippen molar-refractivity contribution in [1.82, 2.24) is 8.61 Å². The monoisotopic (exact) mass is 505 g/mol. The smallest absolute Gasteiger partial charge is 0.243 e. The van der Waals surface area contributed by atoms with E-state index in [0.29, 0.717) is 30.9 Å². The SMILES string of the molecule is CC1CCCCN1S(=O)(=O)c1ccc(NCC(=O)c2cccc(S(=O)(=O)N3CCCC3)c2)cc1. The molecule has 2 aliphatic rings. The molecule has 4 rings (SSSR count). The van der Waals surface area contributed by atoms with Crippen LogP contribution in [0.15, 0.2) is 58.3 Å². The zero-order valence-corrected chi connectivity index (χ0v) is 20.9. The van der Waals surface area contributed by atoms with Gasteiger partial charge in [-0.05, 0) is 69.0 Å². The van der Waals surface area contributed by atoms with Crippen LogP contribution >= 0.6 is 0 Å². The number of Topliss-reactive ketones (excluding diaryl/α,β-unsaturated/α-hetero) is 1. The van der Waals surface area contributed by atoms with Gasteiger partial charge in [0.25, 0.3) is 0 Å². The molecule has 2 fully saturated rings. The Labute approximate surface area is 202 Å². The van der Waals surface area contributed by atoms with E-state index in [1.807, 2.05) is 6.92 Å². The quantitative estimate of drug-likeness (QED) is 0.552. The maximum Gasteiger partial charge on any atom is 0.243 e. The molecule has 0 aliphatic carbocycles. The van der Waals surface area contributed by atoms with E-state index >= 15 is 0 Å². The zero-order valence-electron chi connectivity index (χ0n) is 19.3. The van der Waals surface area contributed by atoms with Crippen LogP contribution in [0.25, 0.3) is 0 Å². The molecule has 34 heavy (non-hydrogen) atoms. The molecule has 0 bridgehead atoms. The van der Waals surface area contributed by atoms with Crippen LogP contribution in [0.2, 0.25) is 0 Å². The van der Waals surface area contributed by atoms with Crippen molar-refractivity contribution in [3.8, 4) is 0 Å². The molecule has 2 aromatic rings. The van der Waals surface area contributed by atoms with Crippen molar-refractivity contribution in [2.24, 2.45) is 0 Å². The lowest BCUT2D eigenvalue weighted by Gasteiger charge is -2.32. The van der Waals surface area contributed by atoms with E-state index in [0.717, 1.165) is 32.1 Å². The fraction of sp³-hybridized carbons (Fsp3) is 0.458. The van der Waals surface area contributed by atoms with E-state index in [1.165, 1.54) is 16.4 Å². The average molecular weight is 506 g/mol. The third-order valence-corrected chi connectivity index (χ3v) is 10.4. The van der Waals surface area contributed by atoms with Gasteiger partial charge >= 0.3 is 0 Å². The fourth-order valence-electron chi connectivity index (χ4n) is 4.50. The second kappa shape index (κ2) is 10.2. The van der Waals surface area contributed by atoms with Gasteiger partial charge in [-0.25, -0.2) is 16.8 Å². The van der Waals surface area contributed by atoms with Crippen molar-refractivity contribution in [3.05, 3.63) is 54.1 Å². The normalized spacial score (nSPS) is 20.3. The van der Waals surface area contributed by atoms with Gasteiger partial charge in [-0.3, -0.25) is 4.79 Å². The molecule has 10 heteroatoms. The van der Waals surface area contributed by atoms with Gasteiger partial charge in [0.15, 0.2) is 5.78 Å². The van der Waals surface area contributed by atoms with Gasteiger partial charge in [0.2, 0.25) is 20.0 Å². The summed E-state index contributed by atoms with van der Waals surface area (Å²) < 4.78 is 54.5. The number of piperidine rings is 1. The molecule has 0 amide bonds. The van der Waals surface area contributed by atoms with Gasteiger partial charge in [-0.1, -0.05) is 18.6 Å². The maximum absolute atomic E-state index is 13.0. The summed E-state index contributed by atoms with van der Waals surface area (Å²) in [5, 5.41) is 3.01. The summed E-state index contributed by atoms with van der Waals surface area (Å²) in [6.45, 7) is 3.44. The molecular weight excluding hydrogens is 474 g/mol. The van der Waals surface area contributed by atoms with Gasteiger partial charge in [0.1, 0.15) is 0 Å². The Bertz CT molecular complexity index is 1240. The molecule has 2 saturated heterocycles. The van der Waals surface area contributed by atoms with E-state index in [-0.39, 0.29) is 28.2 Å². The van der Waals surface area contributed by atoms with E-state index in [4.69, 9.17) is 0 Å². The number of nitrogens with zero attached hydrogens (tertiary/aromatic N) is 2. The van der Waals surface area contributed by atoms with Crippen LogP contribution < -0.4 is 5.32 Å². The van der Waals surface area contributed by atoms with Gasteiger partial charge < -0.3 is 5.32 Å². The molecule has 0 aromatic heterocycles. The Morgan fingerprint density at radius 3 is 2.24 bits per heavy atom. The second-order valence-corrected chi connectivity index (χ2v) is 12.7. The van der Waals surface area contributed by atoms with Gasteiger partial charge in [-0.15, -0.1) is 0 Å². The number of sulfonamides is 2. The van der Waals surface area contributed by atoms with Gasteiger partial charge in [0.05, 0.1) is 16.3 Å². The minimum Gasteiger partial charge on any atom is -0.378 e. The predicted octanol–water partition coefficient (Wildman–Crippen LogP) is 3.33. The van der Waals surface area contributed by atoms with E-state index in [9.17, 15) is 21.6 Å². The Morgan fingerprint density at radius 2 is 1.56 bits per heavy atom. The molecule has 2 aromatic carbocycles. The third-order valence-electron chi connectivity index (χ3n) is 6.51. The first-order valence-electron chi connectivity index (χ1n) is 11.7. The summed E-state index contributed by atoms with van der Waals surface area (Å²) in [5.74, 6) is -0.252. The Kier molecular flexibility index (Phi) is 7.42. The summed E-state index contributed by atoms with van der Waals surface area (Å²) in [4.78, 5) is 13.1. The number of rotatable bonds is 8.